The highest BCUT2D eigenvalue weighted by Crippen LogP contribution is 2.30. The first-order valence-electron chi connectivity index (χ1n) is 12.2. The third-order valence-electron chi connectivity index (χ3n) is 5.89. The lowest BCUT2D eigenvalue weighted by molar-refractivity contribution is 0.0981. The molecule has 3 N–H and O–H groups in total. The van der Waals surface area contributed by atoms with E-state index in [4.69, 9.17) is 10.5 Å². The van der Waals surface area contributed by atoms with E-state index in [-0.39, 0.29) is 28.1 Å². The van der Waals surface area contributed by atoms with Crippen molar-refractivity contribution in [2.24, 2.45) is 5.92 Å². The van der Waals surface area contributed by atoms with E-state index in [1.54, 1.807) is 12.1 Å². The Morgan fingerprint density at radius 1 is 1.16 bits per heavy atom. The molecule has 0 bridgehead atoms. The van der Waals surface area contributed by atoms with Gasteiger partial charge in [0.25, 0.3) is 15.9 Å². The lowest BCUT2D eigenvalue weighted by Crippen LogP contribution is -2.36. The quantitative estimate of drug-likeness (QED) is 0.408. The number of benzene rings is 1. The molecule has 3 heterocycles. The van der Waals surface area contributed by atoms with Gasteiger partial charge in [0, 0.05) is 24.7 Å². The number of amides is 1. The number of hydrogen-bond donors (Lipinski definition) is 2. The van der Waals surface area contributed by atoms with Crippen LogP contribution in [0.25, 0.3) is 11.3 Å². The summed E-state index contributed by atoms with van der Waals surface area (Å²) in [4.78, 5) is 23.6. The van der Waals surface area contributed by atoms with Crippen LogP contribution in [0.3, 0.4) is 0 Å². The molecule has 9 nitrogen and oxygen atoms in total. The molecule has 0 spiro atoms. The van der Waals surface area contributed by atoms with E-state index in [1.807, 2.05) is 18.7 Å². The van der Waals surface area contributed by atoms with E-state index < -0.39 is 21.7 Å². The summed E-state index contributed by atoms with van der Waals surface area (Å²) in [6, 6.07) is 11.5. The van der Waals surface area contributed by atoms with Gasteiger partial charge in [-0.05, 0) is 55.2 Å². The Bertz CT molecular complexity index is 1470. The van der Waals surface area contributed by atoms with Crippen molar-refractivity contribution >= 4 is 27.6 Å². The molecule has 1 fully saturated rings. The van der Waals surface area contributed by atoms with Gasteiger partial charge < -0.3 is 15.4 Å². The highest BCUT2D eigenvalue weighted by Gasteiger charge is 2.26. The largest absolute Gasteiger partial charge is 0.493 e. The Morgan fingerprint density at radius 2 is 1.89 bits per heavy atom. The smallest absolute Gasteiger partial charge is 0.281 e. The highest BCUT2D eigenvalue weighted by molar-refractivity contribution is 7.90. The fourth-order valence-corrected chi connectivity index (χ4v) is 4.87. The monoisotopic (exact) mass is 539 g/mol. The van der Waals surface area contributed by atoms with Crippen LogP contribution >= 0.6 is 0 Å². The third-order valence-corrected chi connectivity index (χ3v) is 7.12. The third kappa shape index (κ3) is 6.46. The molecule has 1 aromatic carbocycles. The molecule has 3 aromatic rings. The normalized spacial score (nSPS) is 14.0. The number of ether oxygens (including phenoxy) is 1. The topological polar surface area (TPSA) is 128 Å². The Hall–Kier alpha value is -3.99. The number of carbonyl (C=O) groups is 1. The summed E-state index contributed by atoms with van der Waals surface area (Å²) in [5, 5.41) is -0.375. The number of anilines is 2. The molecule has 4 rings (SSSR count). The second-order valence-electron chi connectivity index (χ2n) is 9.52. The van der Waals surface area contributed by atoms with Crippen LogP contribution in [0.15, 0.2) is 65.7 Å². The molecule has 1 saturated heterocycles. The number of hydrogen-bond acceptors (Lipinski definition) is 8. The average Bonchev–Trinajstić information content (AvgIpc) is 2.87. The van der Waals surface area contributed by atoms with Gasteiger partial charge in [0.2, 0.25) is 0 Å². The van der Waals surface area contributed by atoms with Gasteiger partial charge in [-0.15, -0.1) is 0 Å². The number of carbonyl (C=O) groups excluding carboxylic acids is 1. The second kappa shape index (κ2) is 11.2. The van der Waals surface area contributed by atoms with Crippen molar-refractivity contribution in [3.8, 4) is 17.0 Å². The molecule has 200 valence electrons. The summed E-state index contributed by atoms with van der Waals surface area (Å²) in [5.41, 5.74) is 7.63. The highest BCUT2D eigenvalue weighted by atomic mass is 32.2. The van der Waals surface area contributed by atoms with Gasteiger partial charge in [-0.25, -0.2) is 19.1 Å². The second-order valence-corrected chi connectivity index (χ2v) is 11.1. The van der Waals surface area contributed by atoms with E-state index in [9.17, 15) is 17.6 Å². The lowest BCUT2D eigenvalue weighted by atomic mass is 10.0. The van der Waals surface area contributed by atoms with E-state index in [0.717, 1.165) is 5.57 Å². The predicted octanol–water partition coefficient (Wildman–Crippen LogP) is 4.17. The first kappa shape index (κ1) is 27.1. The van der Waals surface area contributed by atoms with Crippen molar-refractivity contribution in [2.45, 2.75) is 31.7 Å². The summed E-state index contributed by atoms with van der Waals surface area (Å²) in [6.45, 7) is 9.53. The molecule has 1 aliphatic rings. The maximum atomic E-state index is 14.4. The summed E-state index contributed by atoms with van der Waals surface area (Å²) in [6.07, 6.45) is 1.40. The van der Waals surface area contributed by atoms with Crippen molar-refractivity contribution in [1.82, 2.24) is 14.7 Å². The van der Waals surface area contributed by atoms with Crippen LogP contribution < -0.4 is 20.1 Å². The van der Waals surface area contributed by atoms with E-state index in [1.165, 1.54) is 36.4 Å². The van der Waals surface area contributed by atoms with Gasteiger partial charge in [-0.3, -0.25) is 4.79 Å². The Labute approximate surface area is 221 Å². The molecule has 0 atom stereocenters. The number of piperidine rings is 1. The van der Waals surface area contributed by atoms with Gasteiger partial charge in [0.05, 0.1) is 17.9 Å². The number of nitrogens with two attached hydrogens (primary N) is 1. The van der Waals surface area contributed by atoms with E-state index in [2.05, 4.69) is 21.3 Å². The summed E-state index contributed by atoms with van der Waals surface area (Å²) in [5.74, 6) is -0.426. The van der Waals surface area contributed by atoms with E-state index >= 15 is 0 Å². The summed E-state index contributed by atoms with van der Waals surface area (Å²) < 4.78 is 47.8. The molecule has 38 heavy (non-hydrogen) atoms. The minimum absolute atomic E-state index is 0.00687. The van der Waals surface area contributed by atoms with Gasteiger partial charge in [0.15, 0.2) is 5.03 Å². The number of halogens is 1. The number of rotatable bonds is 8. The number of nitrogen functional groups attached to an aromatic ring is 1. The molecular weight excluding hydrogens is 509 g/mol. The summed E-state index contributed by atoms with van der Waals surface area (Å²) >= 11 is 0. The van der Waals surface area contributed by atoms with Crippen LogP contribution in [-0.2, 0) is 10.0 Å². The minimum Gasteiger partial charge on any atom is -0.493 e. The molecule has 1 aliphatic heterocycles. The Morgan fingerprint density at radius 3 is 2.58 bits per heavy atom. The van der Waals surface area contributed by atoms with Crippen LogP contribution in [0, 0.1) is 11.7 Å². The number of pyridine rings is 2. The zero-order valence-electron chi connectivity index (χ0n) is 21.3. The molecule has 0 radical (unpaired) electrons. The number of sulfonamides is 1. The Balaban J connectivity index is 1.71. The Kier molecular flexibility index (Phi) is 7.96. The first-order chi connectivity index (χ1) is 18.0. The maximum Gasteiger partial charge on any atom is 0.281 e. The molecule has 0 aliphatic carbocycles. The minimum atomic E-state index is -4.29. The van der Waals surface area contributed by atoms with Gasteiger partial charge in [-0.1, -0.05) is 32.1 Å². The van der Waals surface area contributed by atoms with E-state index in [0.29, 0.717) is 49.5 Å². The maximum absolute atomic E-state index is 14.4. The number of nitrogens with one attached hydrogen (secondary N) is 1. The van der Waals surface area contributed by atoms with Crippen LogP contribution in [0.5, 0.6) is 5.75 Å². The van der Waals surface area contributed by atoms with Crippen molar-refractivity contribution < 1.29 is 22.3 Å². The van der Waals surface area contributed by atoms with Crippen molar-refractivity contribution in [3.63, 3.8) is 0 Å². The van der Waals surface area contributed by atoms with Crippen LogP contribution in [0.2, 0.25) is 0 Å². The number of nitrogens with zero attached hydrogens (tertiary/aromatic N) is 3. The standard InChI is InChI=1S/C27H30FN5O4S/c1-17(2)16-37-21-14-19(13-20(28)15-21)23-8-7-22(26(30-23)33-11-9-18(3)10-12-33)27(34)32-38(35,36)25-6-4-5-24(29)31-25/h4-8,13-15,17H,3,9-12,16H2,1-2H3,(H2,29,31)(H,32,34). The molecule has 0 unspecified atom stereocenters. The molecular formula is C27H30FN5O4S. The van der Waals surface area contributed by atoms with Crippen molar-refractivity contribution in [2.75, 3.05) is 30.3 Å². The average molecular weight is 540 g/mol. The zero-order valence-corrected chi connectivity index (χ0v) is 22.1. The van der Waals surface area contributed by atoms with Gasteiger partial charge in [0.1, 0.15) is 23.2 Å². The van der Waals surface area contributed by atoms with Crippen LogP contribution in [-0.4, -0.2) is 44.0 Å². The molecule has 2 aromatic heterocycles. The van der Waals surface area contributed by atoms with Gasteiger partial charge >= 0.3 is 0 Å². The van der Waals surface area contributed by atoms with Crippen molar-refractivity contribution in [1.29, 1.82) is 0 Å². The zero-order chi connectivity index (χ0) is 27.4. The first-order valence-corrected chi connectivity index (χ1v) is 13.7. The summed E-state index contributed by atoms with van der Waals surface area (Å²) in [7, 11) is -4.29. The SMILES string of the molecule is C=C1CCN(c2nc(-c3cc(F)cc(OCC(C)C)c3)ccc2C(=O)NS(=O)(=O)c2cccc(N)n2)CC1. The lowest BCUT2D eigenvalue weighted by Gasteiger charge is -2.30. The molecule has 11 heteroatoms. The molecule has 1 amide bonds. The van der Waals surface area contributed by atoms with Crippen LogP contribution in [0.1, 0.15) is 37.0 Å². The number of aromatic nitrogens is 2. The van der Waals surface area contributed by atoms with Gasteiger partial charge in [-0.2, -0.15) is 8.42 Å². The van der Waals surface area contributed by atoms with Crippen LogP contribution in [0.4, 0.5) is 16.0 Å². The predicted molar refractivity (Wildman–Crippen MR) is 144 cm³/mol. The van der Waals surface area contributed by atoms with Crippen molar-refractivity contribution in [3.05, 3.63) is 72.1 Å². The fraction of sp³-hybridized carbons (Fsp3) is 0.296. The fourth-order valence-electron chi connectivity index (χ4n) is 3.93. The molecule has 0 saturated carbocycles.